The van der Waals surface area contributed by atoms with E-state index < -0.39 is 6.10 Å². The molecule has 1 amide bonds. The Balaban J connectivity index is 2.01. The Labute approximate surface area is 135 Å². The summed E-state index contributed by atoms with van der Waals surface area (Å²) in [7, 11) is 0. The first-order chi connectivity index (χ1) is 11.1. The fourth-order valence-electron chi connectivity index (χ4n) is 2.65. The van der Waals surface area contributed by atoms with Crippen LogP contribution >= 0.6 is 0 Å². The van der Waals surface area contributed by atoms with Crippen molar-refractivity contribution >= 4 is 16.7 Å². The van der Waals surface area contributed by atoms with Crippen LogP contribution in [-0.2, 0) is 11.3 Å². The van der Waals surface area contributed by atoms with E-state index in [4.69, 9.17) is 0 Å². The molecule has 0 aliphatic carbocycles. The number of rotatable bonds is 7. The van der Waals surface area contributed by atoms with E-state index in [1.165, 1.54) is 0 Å². The fourth-order valence-corrected chi connectivity index (χ4v) is 2.65. The highest BCUT2D eigenvalue weighted by Crippen LogP contribution is 2.12. The van der Waals surface area contributed by atoms with Crippen molar-refractivity contribution in [1.29, 1.82) is 0 Å². The van der Waals surface area contributed by atoms with Crippen LogP contribution in [0.5, 0.6) is 0 Å². The first kappa shape index (κ1) is 17.1. The third-order valence-corrected chi connectivity index (χ3v) is 4.16. The van der Waals surface area contributed by atoms with Gasteiger partial charge in [-0.2, -0.15) is 5.10 Å². The van der Waals surface area contributed by atoms with Crippen LogP contribution in [0.3, 0.4) is 0 Å². The number of nitrogens with one attached hydrogen (secondary N) is 1. The highest BCUT2D eigenvalue weighted by Gasteiger charge is 2.16. The number of nitrogens with zero attached hydrogens (tertiary/aromatic N) is 2. The highest BCUT2D eigenvalue weighted by atomic mass is 16.3. The average molecular weight is 317 g/mol. The van der Waals surface area contributed by atoms with Crippen LogP contribution in [-0.4, -0.2) is 33.4 Å². The molecular weight excluding hydrogens is 294 g/mol. The van der Waals surface area contributed by atoms with Crippen LogP contribution in [0, 0.1) is 5.92 Å². The van der Waals surface area contributed by atoms with Gasteiger partial charge in [-0.15, -0.1) is 0 Å². The average Bonchev–Trinajstić information content (AvgIpc) is 2.57. The Kier molecular flexibility index (Phi) is 5.87. The van der Waals surface area contributed by atoms with Crippen molar-refractivity contribution in [3.05, 3.63) is 40.8 Å². The Morgan fingerprint density at radius 1 is 1.30 bits per heavy atom. The minimum Gasteiger partial charge on any atom is -0.391 e. The van der Waals surface area contributed by atoms with Crippen molar-refractivity contribution in [3.63, 3.8) is 0 Å². The van der Waals surface area contributed by atoms with E-state index in [2.05, 4.69) is 10.4 Å². The number of hydrogen-bond donors (Lipinski definition) is 2. The van der Waals surface area contributed by atoms with Gasteiger partial charge in [0.1, 0.15) is 6.54 Å². The number of fused-ring (bicyclic) bond motifs is 1. The summed E-state index contributed by atoms with van der Waals surface area (Å²) in [4.78, 5) is 24.3. The van der Waals surface area contributed by atoms with Gasteiger partial charge in [0.25, 0.3) is 5.56 Å². The van der Waals surface area contributed by atoms with Crippen LogP contribution in [0.2, 0.25) is 0 Å². The zero-order chi connectivity index (χ0) is 16.8. The molecule has 1 aromatic carbocycles. The van der Waals surface area contributed by atoms with Crippen LogP contribution in [0.1, 0.15) is 26.7 Å². The third kappa shape index (κ3) is 4.16. The molecule has 1 unspecified atom stereocenters. The number of aliphatic hydroxyl groups excluding tert-OH is 1. The van der Waals surface area contributed by atoms with Gasteiger partial charge in [0.15, 0.2) is 0 Å². The molecule has 124 valence electrons. The second kappa shape index (κ2) is 7.87. The molecule has 6 heteroatoms. The van der Waals surface area contributed by atoms with Crippen molar-refractivity contribution in [3.8, 4) is 0 Å². The molecule has 0 saturated carbocycles. The largest absolute Gasteiger partial charge is 0.391 e. The predicted molar refractivity (Wildman–Crippen MR) is 89.1 cm³/mol. The molecule has 1 heterocycles. The lowest BCUT2D eigenvalue weighted by Gasteiger charge is -2.20. The van der Waals surface area contributed by atoms with Gasteiger partial charge in [-0.05, 0) is 12.0 Å². The summed E-state index contributed by atoms with van der Waals surface area (Å²) in [6, 6.07) is 7.13. The summed E-state index contributed by atoms with van der Waals surface area (Å²) in [5.41, 5.74) is -0.293. The summed E-state index contributed by atoms with van der Waals surface area (Å²) in [5.74, 6) is -0.170. The lowest BCUT2D eigenvalue weighted by atomic mass is 9.96. The van der Waals surface area contributed by atoms with Gasteiger partial charge in [-0.25, -0.2) is 4.68 Å². The van der Waals surface area contributed by atoms with Crippen LogP contribution in [0.4, 0.5) is 0 Å². The fraction of sp³-hybridized carbons (Fsp3) is 0.471. The number of benzene rings is 1. The standard InChI is InChI=1S/C17H23N3O3/c1-3-12(4-2)15(21)10-18-16(22)11-20-17(23)14-8-6-5-7-13(14)9-19-20/h5-9,12,15,21H,3-4,10-11H2,1-2H3,(H,18,22). The number of aliphatic hydroxyl groups is 1. The Hall–Kier alpha value is -2.21. The van der Waals surface area contributed by atoms with Gasteiger partial charge in [0.2, 0.25) is 5.91 Å². The Morgan fingerprint density at radius 2 is 2.00 bits per heavy atom. The third-order valence-electron chi connectivity index (χ3n) is 4.16. The van der Waals surface area contributed by atoms with Gasteiger partial charge >= 0.3 is 0 Å². The van der Waals surface area contributed by atoms with Crippen LogP contribution < -0.4 is 10.9 Å². The smallest absolute Gasteiger partial charge is 0.275 e. The second-order valence-corrected chi connectivity index (χ2v) is 5.64. The van der Waals surface area contributed by atoms with E-state index in [0.29, 0.717) is 5.39 Å². The van der Waals surface area contributed by atoms with E-state index in [1.807, 2.05) is 19.9 Å². The van der Waals surface area contributed by atoms with E-state index in [1.54, 1.807) is 24.4 Å². The first-order valence-electron chi connectivity index (χ1n) is 7.96. The zero-order valence-corrected chi connectivity index (χ0v) is 13.5. The predicted octanol–water partition coefficient (Wildman–Crippen LogP) is 1.31. The maximum absolute atomic E-state index is 12.3. The van der Waals surface area contributed by atoms with Crippen molar-refractivity contribution in [1.82, 2.24) is 15.1 Å². The van der Waals surface area contributed by atoms with Crippen LogP contribution in [0.15, 0.2) is 35.3 Å². The summed E-state index contributed by atoms with van der Waals surface area (Å²) in [5, 5.41) is 18.0. The lowest BCUT2D eigenvalue weighted by molar-refractivity contribution is -0.122. The van der Waals surface area contributed by atoms with E-state index in [-0.39, 0.29) is 30.5 Å². The molecule has 2 rings (SSSR count). The number of hydrogen-bond acceptors (Lipinski definition) is 4. The molecular formula is C17H23N3O3. The molecule has 23 heavy (non-hydrogen) atoms. The van der Waals surface area contributed by atoms with Gasteiger partial charge in [-0.3, -0.25) is 9.59 Å². The van der Waals surface area contributed by atoms with Crippen molar-refractivity contribution < 1.29 is 9.90 Å². The molecule has 1 aromatic heterocycles. The quantitative estimate of drug-likeness (QED) is 0.806. The minimum absolute atomic E-state index is 0.153. The maximum Gasteiger partial charge on any atom is 0.275 e. The normalized spacial score (nSPS) is 12.5. The van der Waals surface area contributed by atoms with Gasteiger partial charge in [0.05, 0.1) is 17.7 Å². The molecule has 0 aliphatic rings. The molecule has 2 aromatic rings. The van der Waals surface area contributed by atoms with Crippen LogP contribution in [0.25, 0.3) is 10.8 Å². The minimum atomic E-state index is -0.574. The molecule has 0 fully saturated rings. The van der Waals surface area contributed by atoms with Gasteiger partial charge in [0, 0.05) is 11.9 Å². The molecule has 2 N–H and O–H groups in total. The molecule has 0 saturated heterocycles. The zero-order valence-electron chi connectivity index (χ0n) is 13.5. The van der Waals surface area contributed by atoms with E-state index in [9.17, 15) is 14.7 Å². The first-order valence-corrected chi connectivity index (χ1v) is 7.96. The van der Waals surface area contributed by atoms with Gasteiger partial charge < -0.3 is 10.4 Å². The maximum atomic E-state index is 12.3. The van der Waals surface area contributed by atoms with Crippen molar-refractivity contribution in [2.75, 3.05) is 6.54 Å². The number of amides is 1. The monoisotopic (exact) mass is 317 g/mol. The Morgan fingerprint density at radius 3 is 2.70 bits per heavy atom. The summed E-state index contributed by atoms with van der Waals surface area (Å²) in [6.07, 6.45) is 2.72. The Bertz CT molecular complexity index is 722. The molecule has 0 radical (unpaired) electrons. The lowest BCUT2D eigenvalue weighted by Crippen LogP contribution is -2.39. The van der Waals surface area contributed by atoms with Crippen molar-refractivity contribution in [2.24, 2.45) is 5.92 Å². The summed E-state index contributed by atoms with van der Waals surface area (Å²) >= 11 is 0. The second-order valence-electron chi connectivity index (χ2n) is 5.64. The summed E-state index contributed by atoms with van der Waals surface area (Å²) in [6.45, 7) is 4.06. The number of aromatic nitrogens is 2. The number of carbonyl (C=O) groups excluding carboxylic acids is 1. The molecule has 1 atom stereocenters. The topological polar surface area (TPSA) is 84.2 Å². The summed E-state index contributed by atoms with van der Waals surface area (Å²) < 4.78 is 1.14. The SMILES string of the molecule is CCC(CC)C(O)CNC(=O)Cn1ncc2ccccc2c1=O. The molecule has 6 nitrogen and oxygen atoms in total. The molecule has 0 aliphatic heterocycles. The van der Waals surface area contributed by atoms with Crippen molar-refractivity contribution in [2.45, 2.75) is 39.3 Å². The van der Waals surface area contributed by atoms with E-state index >= 15 is 0 Å². The molecule has 0 bridgehead atoms. The molecule has 0 spiro atoms. The van der Waals surface area contributed by atoms with E-state index in [0.717, 1.165) is 22.9 Å². The van der Waals surface area contributed by atoms with Gasteiger partial charge in [-0.1, -0.05) is 44.9 Å². The number of carbonyl (C=O) groups is 1. The highest BCUT2D eigenvalue weighted by molar-refractivity contribution is 5.81.